The summed E-state index contributed by atoms with van der Waals surface area (Å²) in [5.74, 6) is 0.316. The summed E-state index contributed by atoms with van der Waals surface area (Å²) in [6, 6.07) is 9.79. The van der Waals surface area contributed by atoms with Gasteiger partial charge in [0.25, 0.3) is 0 Å². The van der Waals surface area contributed by atoms with E-state index in [1.165, 1.54) is 0 Å². The van der Waals surface area contributed by atoms with Gasteiger partial charge in [0.1, 0.15) is 11.9 Å². The minimum Gasteiger partial charge on any atom is -0.383 e. The Hall–Kier alpha value is -2.14. The van der Waals surface area contributed by atoms with E-state index in [1.807, 2.05) is 54.9 Å². The van der Waals surface area contributed by atoms with Gasteiger partial charge in [-0.25, -0.2) is 4.98 Å². The van der Waals surface area contributed by atoms with Gasteiger partial charge < -0.3 is 15.0 Å². The number of carbonyl (C=O) groups excluding carboxylic acids is 1. The molecule has 0 radical (unpaired) electrons. The van der Waals surface area contributed by atoms with Gasteiger partial charge in [-0.05, 0) is 18.1 Å². The van der Waals surface area contributed by atoms with Gasteiger partial charge in [0.15, 0.2) is 0 Å². The molecule has 2 rings (SSSR count). The molecule has 0 aliphatic heterocycles. The Morgan fingerprint density at radius 2 is 2.10 bits per heavy atom. The van der Waals surface area contributed by atoms with Crippen molar-refractivity contribution >= 4 is 5.91 Å². The van der Waals surface area contributed by atoms with Crippen LogP contribution in [0.4, 0.5) is 0 Å². The third kappa shape index (κ3) is 3.70. The number of para-hydroxylation sites is 1. The minimum atomic E-state index is -0.977. The highest BCUT2D eigenvalue weighted by atomic mass is 16.3. The van der Waals surface area contributed by atoms with E-state index in [9.17, 15) is 9.90 Å². The van der Waals surface area contributed by atoms with Gasteiger partial charge in [-0.3, -0.25) is 4.79 Å². The van der Waals surface area contributed by atoms with E-state index in [4.69, 9.17) is 0 Å². The average Bonchev–Trinajstić information content (AvgIpc) is 3.00. The molecule has 1 heterocycles. The summed E-state index contributed by atoms with van der Waals surface area (Å²) in [6.45, 7) is 4.09. The molecule has 21 heavy (non-hydrogen) atoms. The summed E-state index contributed by atoms with van der Waals surface area (Å²) < 4.78 is 1.91. The molecule has 2 N–H and O–H groups in total. The van der Waals surface area contributed by atoms with Crippen molar-refractivity contribution in [1.29, 1.82) is 0 Å². The first-order valence-electron chi connectivity index (χ1n) is 7.17. The Kier molecular flexibility index (Phi) is 5.11. The molecule has 2 atom stereocenters. The van der Waals surface area contributed by atoms with E-state index in [2.05, 4.69) is 10.3 Å². The van der Waals surface area contributed by atoms with Crippen LogP contribution in [0, 0.1) is 5.92 Å². The van der Waals surface area contributed by atoms with Gasteiger partial charge in [0, 0.05) is 18.1 Å². The van der Waals surface area contributed by atoms with E-state index in [1.54, 1.807) is 6.20 Å². The second-order valence-electron chi connectivity index (χ2n) is 5.10. The molecule has 0 saturated heterocycles. The molecule has 0 spiro atoms. The molecular formula is C16H21N3O2. The number of carbonyl (C=O) groups is 1. The third-order valence-corrected chi connectivity index (χ3v) is 3.62. The molecule has 0 saturated carbocycles. The van der Waals surface area contributed by atoms with E-state index in [0.717, 1.165) is 17.9 Å². The average molecular weight is 287 g/mol. The number of aliphatic hydroxyl groups excluding tert-OH is 1. The van der Waals surface area contributed by atoms with E-state index >= 15 is 0 Å². The zero-order chi connectivity index (χ0) is 15.2. The Bertz CT molecular complexity index is 580. The number of aliphatic hydroxyl groups is 1. The van der Waals surface area contributed by atoms with Crippen molar-refractivity contribution < 1.29 is 9.90 Å². The Morgan fingerprint density at radius 1 is 1.38 bits per heavy atom. The van der Waals surface area contributed by atoms with Crippen molar-refractivity contribution in [2.45, 2.75) is 32.9 Å². The second kappa shape index (κ2) is 7.04. The van der Waals surface area contributed by atoms with Crippen molar-refractivity contribution in [2.24, 2.45) is 5.92 Å². The zero-order valence-corrected chi connectivity index (χ0v) is 12.4. The highest BCUT2D eigenvalue weighted by molar-refractivity contribution is 5.80. The van der Waals surface area contributed by atoms with Crippen LogP contribution < -0.4 is 5.32 Å². The monoisotopic (exact) mass is 287 g/mol. The molecule has 0 aliphatic rings. The number of hydrogen-bond acceptors (Lipinski definition) is 3. The summed E-state index contributed by atoms with van der Waals surface area (Å²) in [4.78, 5) is 16.1. The standard InChI is InChI=1S/C16H21N3O2/c1-3-12(2)15(20)16(21)18-11-14-17-9-10-19(14)13-7-5-4-6-8-13/h4-10,12,15,20H,3,11H2,1-2H3,(H,18,21). The van der Waals surface area contributed by atoms with Gasteiger partial charge in [0.05, 0.1) is 6.54 Å². The normalized spacial score (nSPS) is 13.7. The maximum absolute atomic E-state index is 11.9. The zero-order valence-electron chi connectivity index (χ0n) is 12.4. The number of aromatic nitrogens is 2. The lowest BCUT2D eigenvalue weighted by molar-refractivity contribution is -0.132. The lowest BCUT2D eigenvalue weighted by Crippen LogP contribution is -2.38. The molecule has 1 aromatic heterocycles. The third-order valence-electron chi connectivity index (χ3n) is 3.62. The molecule has 0 aliphatic carbocycles. The Morgan fingerprint density at radius 3 is 2.76 bits per heavy atom. The van der Waals surface area contributed by atoms with Crippen LogP contribution in [0.1, 0.15) is 26.1 Å². The predicted octanol–water partition coefficient (Wildman–Crippen LogP) is 1.90. The van der Waals surface area contributed by atoms with Crippen LogP contribution in [0.2, 0.25) is 0 Å². The number of benzene rings is 1. The van der Waals surface area contributed by atoms with Crippen LogP contribution in [0.25, 0.3) is 5.69 Å². The molecule has 1 amide bonds. The van der Waals surface area contributed by atoms with E-state index in [-0.39, 0.29) is 18.4 Å². The second-order valence-corrected chi connectivity index (χ2v) is 5.10. The van der Waals surface area contributed by atoms with E-state index < -0.39 is 6.10 Å². The van der Waals surface area contributed by atoms with Crippen molar-refractivity contribution in [2.75, 3.05) is 0 Å². The van der Waals surface area contributed by atoms with Crippen LogP contribution in [0.3, 0.4) is 0 Å². The molecule has 2 aromatic rings. The van der Waals surface area contributed by atoms with Crippen LogP contribution in [-0.4, -0.2) is 26.7 Å². The van der Waals surface area contributed by atoms with Crippen LogP contribution in [0.5, 0.6) is 0 Å². The molecular weight excluding hydrogens is 266 g/mol. The van der Waals surface area contributed by atoms with Gasteiger partial charge in [0.2, 0.25) is 5.91 Å². The highest BCUT2D eigenvalue weighted by Gasteiger charge is 2.21. The van der Waals surface area contributed by atoms with Crippen molar-refractivity contribution in [1.82, 2.24) is 14.9 Å². The largest absolute Gasteiger partial charge is 0.383 e. The number of nitrogens with zero attached hydrogens (tertiary/aromatic N) is 2. The molecule has 5 heteroatoms. The fourth-order valence-electron chi connectivity index (χ4n) is 2.04. The number of hydrogen-bond donors (Lipinski definition) is 2. The quantitative estimate of drug-likeness (QED) is 0.852. The van der Waals surface area contributed by atoms with Gasteiger partial charge >= 0.3 is 0 Å². The first-order chi connectivity index (χ1) is 10.1. The van der Waals surface area contributed by atoms with Crippen LogP contribution in [0.15, 0.2) is 42.7 Å². The number of amides is 1. The highest BCUT2D eigenvalue weighted by Crippen LogP contribution is 2.11. The fourth-order valence-corrected chi connectivity index (χ4v) is 2.04. The summed E-state index contributed by atoms with van der Waals surface area (Å²) in [7, 11) is 0. The predicted molar refractivity (Wildman–Crippen MR) is 80.9 cm³/mol. The molecule has 2 unspecified atom stereocenters. The Balaban J connectivity index is 2.02. The maximum Gasteiger partial charge on any atom is 0.249 e. The molecule has 0 fully saturated rings. The number of nitrogens with one attached hydrogen (secondary N) is 1. The van der Waals surface area contributed by atoms with Crippen LogP contribution in [-0.2, 0) is 11.3 Å². The lowest BCUT2D eigenvalue weighted by atomic mass is 10.0. The van der Waals surface area contributed by atoms with Gasteiger partial charge in [-0.15, -0.1) is 0 Å². The SMILES string of the molecule is CCC(C)C(O)C(=O)NCc1nccn1-c1ccccc1. The van der Waals surface area contributed by atoms with Crippen LogP contribution >= 0.6 is 0 Å². The number of rotatable bonds is 6. The number of imidazole rings is 1. The minimum absolute atomic E-state index is 0.0566. The Labute approximate surface area is 124 Å². The molecule has 5 nitrogen and oxygen atoms in total. The van der Waals surface area contributed by atoms with Crippen molar-refractivity contribution in [3.63, 3.8) is 0 Å². The molecule has 0 bridgehead atoms. The van der Waals surface area contributed by atoms with Crippen molar-refractivity contribution in [3.05, 3.63) is 48.5 Å². The smallest absolute Gasteiger partial charge is 0.249 e. The first kappa shape index (κ1) is 15.3. The van der Waals surface area contributed by atoms with E-state index in [0.29, 0.717) is 0 Å². The lowest BCUT2D eigenvalue weighted by Gasteiger charge is -2.16. The molecule has 1 aromatic carbocycles. The maximum atomic E-state index is 11.9. The summed E-state index contributed by atoms with van der Waals surface area (Å²) in [5.41, 5.74) is 0.988. The topological polar surface area (TPSA) is 67.2 Å². The summed E-state index contributed by atoms with van der Waals surface area (Å²) >= 11 is 0. The molecule has 112 valence electrons. The van der Waals surface area contributed by atoms with Crippen molar-refractivity contribution in [3.8, 4) is 5.69 Å². The summed E-state index contributed by atoms with van der Waals surface area (Å²) in [5, 5.41) is 12.6. The first-order valence-corrected chi connectivity index (χ1v) is 7.17. The fraction of sp³-hybridized carbons (Fsp3) is 0.375. The summed E-state index contributed by atoms with van der Waals surface area (Å²) in [6.07, 6.45) is 3.32. The van der Waals surface area contributed by atoms with Gasteiger partial charge in [-0.1, -0.05) is 38.5 Å². The van der Waals surface area contributed by atoms with Gasteiger partial charge in [-0.2, -0.15) is 0 Å².